The number of carbonyl (C=O) groups is 1. The first-order valence-electron chi connectivity index (χ1n) is 5.34. The van der Waals surface area contributed by atoms with Gasteiger partial charge in [0.05, 0.1) is 5.69 Å². The molecule has 0 aromatic carbocycles. The Labute approximate surface area is 100 Å². The standard InChI is InChI=1S/C11H11F3N2O2/c1-10(2)3-5-7(6(17)4-10)8(18)16-9(15-5)11(12,13)14/h3-4H2,1-2H3,(H,15,16,18). The average Bonchev–Trinajstić information content (AvgIpc) is 2.11. The highest BCUT2D eigenvalue weighted by Crippen LogP contribution is 2.33. The SMILES string of the molecule is CC1(C)CC(=O)c2c(nc(C(F)(F)F)[nH]c2=O)C1. The van der Waals surface area contributed by atoms with Gasteiger partial charge < -0.3 is 4.98 Å². The summed E-state index contributed by atoms with van der Waals surface area (Å²) < 4.78 is 37.5. The molecule has 1 aromatic heterocycles. The minimum Gasteiger partial charge on any atom is -0.302 e. The zero-order valence-corrected chi connectivity index (χ0v) is 9.81. The molecule has 0 saturated carbocycles. The van der Waals surface area contributed by atoms with Gasteiger partial charge in [-0.2, -0.15) is 13.2 Å². The van der Waals surface area contributed by atoms with Crippen LogP contribution in [0, 0.1) is 5.41 Å². The smallest absolute Gasteiger partial charge is 0.302 e. The van der Waals surface area contributed by atoms with E-state index in [1.807, 2.05) is 0 Å². The number of rotatable bonds is 0. The molecule has 0 saturated heterocycles. The number of fused-ring (bicyclic) bond motifs is 1. The number of alkyl halides is 3. The fourth-order valence-corrected chi connectivity index (χ4v) is 2.11. The molecule has 0 amide bonds. The molecule has 0 atom stereocenters. The summed E-state index contributed by atoms with van der Waals surface area (Å²) in [6.07, 6.45) is -4.41. The van der Waals surface area contributed by atoms with E-state index < -0.39 is 28.8 Å². The highest BCUT2D eigenvalue weighted by Gasteiger charge is 2.39. The number of halogens is 3. The van der Waals surface area contributed by atoms with Crippen molar-refractivity contribution < 1.29 is 18.0 Å². The summed E-state index contributed by atoms with van der Waals surface area (Å²) in [5.74, 6) is -1.81. The van der Waals surface area contributed by atoms with Crippen LogP contribution in [0.25, 0.3) is 0 Å². The molecular formula is C11H11F3N2O2. The van der Waals surface area contributed by atoms with Crippen molar-refractivity contribution in [3.05, 3.63) is 27.4 Å². The molecule has 98 valence electrons. The van der Waals surface area contributed by atoms with Crippen LogP contribution in [0.4, 0.5) is 13.2 Å². The number of hydrogen-bond acceptors (Lipinski definition) is 3. The van der Waals surface area contributed by atoms with E-state index in [9.17, 15) is 22.8 Å². The van der Waals surface area contributed by atoms with Crippen LogP contribution in [0.5, 0.6) is 0 Å². The third-order valence-corrected chi connectivity index (χ3v) is 2.83. The quantitative estimate of drug-likeness (QED) is 0.775. The van der Waals surface area contributed by atoms with Crippen LogP contribution in [0.2, 0.25) is 0 Å². The van der Waals surface area contributed by atoms with Crippen molar-refractivity contribution in [2.24, 2.45) is 5.41 Å². The van der Waals surface area contributed by atoms with Crippen LogP contribution in [0.1, 0.15) is 42.1 Å². The largest absolute Gasteiger partial charge is 0.449 e. The van der Waals surface area contributed by atoms with Crippen molar-refractivity contribution in [2.45, 2.75) is 32.9 Å². The van der Waals surface area contributed by atoms with Crippen LogP contribution < -0.4 is 5.56 Å². The van der Waals surface area contributed by atoms with Crippen LogP contribution >= 0.6 is 0 Å². The van der Waals surface area contributed by atoms with E-state index in [1.54, 1.807) is 18.8 Å². The Hall–Kier alpha value is -1.66. The van der Waals surface area contributed by atoms with Crippen LogP contribution in [0.15, 0.2) is 4.79 Å². The third kappa shape index (κ3) is 2.16. The van der Waals surface area contributed by atoms with Gasteiger partial charge in [0.1, 0.15) is 5.56 Å². The fourth-order valence-electron chi connectivity index (χ4n) is 2.11. The number of ketones is 1. The topological polar surface area (TPSA) is 62.8 Å². The number of nitrogens with one attached hydrogen (secondary N) is 1. The Balaban J connectivity index is 2.64. The predicted octanol–water partition coefficient (Wildman–Crippen LogP) is 1.94. The zero-order chi connectivity index (χ0) is 13.7. The molecule has 4 nitrogen and oxygen atoms in total. The van der Waals surface area contributed by atoms with Gasteiger partial charge in [-0.05, 0) is 11.8 Å². The van der Waals surface area contributed by atoms with E-state index >= 15 is 0 Å². The van der Waals surface area contributed by atoms with Crippen molar-refractivity contribution >= 4 is 5.78 Å². The lowest BCUT2D eigenvalue weighted by molar-refractivity contribution is -0.145. The van der Waals surface area contributed by atoms with Crippen LogP contribution in [-0.2, 0) is 12.6 Å². The van der Waals surface area contributed by atoms with Crippen molar-refractivity contribution in [1.82, 2.24) is 9.97 Å². The molecule has 1 aliphatic carbocycles. The number of carbonyl (C=O) groups excluding carboxylic acids is 1. The lowest BCUT2D eigenvalue weighted by Crippen LogP contribution is -2.35. The lowest BCUT2D eigenvalue weighted by Gasteiger charge is -2.28. The van der Waals surface area contributed by atoms with E-state index in [0.29, 0.717) is 0 Å². The number of aromatic nitrogens is 2. The summed E-state index contributed by atoms with van der Waals surface area (Å²) in [5, 5.41) is 0. The molecule has 0 spiro atoms. The highest BCUT2D eigenvalue weighted by molar-refractivity contribution is 5.98. The van der Waals surface area contributed by atoms with Gasteiger partial charge in [0.15, 0.2) is 5.78 Å². The van der Waals surface area contributed by atoms with Crippen molar-refractivity contribution in [3.63, 3.8) is 0 Å². The second-order valence-electron chi connectivity index (χ2n) is 5.17. The molecule has 0 radical (unpaired) electrons. The molecule has 0 unspecified atom stereocenters. The van der Waals surface area contributed by atoms with Crippen molar-refractivity contribution in [3.8, 4) is 0 Å². The monoisotopic (exact) mass is 260 g/mol. The van der Waals surface area contributed by atoms with Gasteiger partial charge >= 0.3 is 6.18 Å². The Morgan fingerprint density at radius 1 is 1.22 bits per heavy atom. The van der Waals surface area contributed by atoms with E-state index in [2.05, 4.69) is 4.98 Å². The van der Waals surface area contributed by atoms with Crippen molar-refractivity contribution in [2.75, 3.05) is 0 Å². The molecule has 1 aliphatic rings. The molecular weight excluding hydrogens is 249 g/mol. The summed E-state index contributed by atoms with van der Waals surface area (Å²) >= 11 is 0. The molecule has 0 aliphatic heterocycles. The van der Waals surface area contributed by atoms with Crippen LogP contribution in [0.3, 0.4) is 0 Å². The Bertz CT molecular complexity index is 573. The van der Waals surface area contributed by atoms with Gasteiger partial charge in [0.25, 0.3) is 5.56 Å². The average molecular weight is 260 g/mol. The van der Waals surface area contributed by atoms with E-state index in [0.717, 1.165) is 0 Å². The summed E-state index contributed by atoms with van der Waals surface area (Å²) in [6.45, 7) is 3.51. The summed E-state index contributed by atoms with van der Waals surface area (Å²) in [6, 6.07) is 0. The molecule has 7 heteroatoms. The molecule has 1 N–H and O–H groups in total. The van der Waals surface area contributed by atoms with Gasteiger partial charge in [-0.25, -0.2) is 4.98 Å². The highest BCUT2D eigenvalue weighted by atomic mass is 19.4. The molecule has 1 heterocycles. The number of Topliss-reactive ketones (excluding diaryl/α,β-unsaturated/α-hetero) is 1. The first-order valence-corrected chi connectivity index (χ1v) is 5.34. The first kappa shape index (κ1) is 12.8. The number of aromatic amines is 1. The minimum absolute atomic E-state index is 0.0627. The summed E-state index contributed by atoms with van der Waals surface area (Å²) in [7, 11) is 0. The molecule has 18 heavy (non-hydrogen) atoms. The van der Waals surface area contributed by atoms with Gasteiger partial charge in [-0.3, -0.25) is 9.59 Å². The van der Waals surface area contributed by atoms with Crippen LogP contribution in [-0.4, -0.2) is 15.8 Å². The Kier molecular flexibility index (Phi) is 2.60. The van der Waals surface area contributed by atoms with Gasteiger partial charge in [-0.15, -0.1) is 0 Å². The maximum Gasteiger partial charge on any atom is 0.449 e. The number of nitrogens with zero attached hydrogens (tertiary/aromatic N) is 1. The Morgan fingerprint density at radius 3 is 2.39 bits per heavy atom. The Morgan fingerprint density at radius 2 is 1.83 bits per heavy atom. The van der Waals surface area contributed by atoms with Gasteiger partial charge in [0, 0.05) is 6.42 Å². The van der Waals surface area contributed by atoms with Gasteiger partial charge in [-0.1, -0.05) is 13.8 Å². The molecule has 2 rings (SSSR count). The number of H-pyrrole nitrogens is 1. The lowest BCUT2D eigenvalue weighted by atomic mass is 9.76. The van der Waals surface area contributed by atoms with E-state index in [4.69, 9.17) is 0 Å². The third-order valence-electron chi connectivity index (χ3n) is 2.83. The normalized spacial score (nSPS) is 18.6. The number of hydrogen-bond donors (Lipinski definition) is 1. The summed E-state index contributed by atoms with van der Waals surface area (Å²) in [4.78, 5) is 28.3. The van der Waals surface area contributed by atoms with Crippen molar-refractivity contribution in [1.29, 1.82) is 0 Å². The van der Waals surface area contributed by atoms with E-state index in [1.165, 1.54) is 0 Å². The van der Waals surface area contributed by atoms with E-state index in [-0.39, 0.29) is 24.1 Å². The predicted molar refractivity (Wildman–Crippen MR) is 56.3 cm³/mol. The second-order valence-corrected chi connectivity index (χ2v) is 5.17. The molecule has 1 aromatic rings. The minimum atomic E-state index is -4.72. The molecule has 0 bridgehead atoms. The summed E-state index contributed by atoms with van der Waals surface area (Å²) in [5.41, 5.74) is -1.78. The first-order chi connectivity index (χ1) is 8.10. The zero-order valence-electron chi connectivity index (χ0n) is 9.81. The van der Waals surface area contributed by atoms with Gasteiger partial charge in [0.2, 0.25) is 5.82 Å². The maximum atomic E-state index is 12.5. The molecule has 0 fully saturated rings. The maximum absolute atomic E-state index is 12.5. The second kappa shape index (κ2) is 3.66. The fraction of sp³-hybridized carbons (Fsp3) is 0.545.